The number of nitrogens with two attached hydrogens (primary N) is 1. The predicted molar refractivity (Wildman–Crippen MR) is 87.0 cm³/mol. The van der Waals surface area contributed by atoms with Gasteiger partial charge in [-0.25, -0.2) is 4.79 Å². The van der Waals surface area contributed by atoms with Gasteiger partial charge < -0.3 is 15.2 Å². The minimum atomic E-state index is -0.570. The molecule has 0 aliphatic carbocycles. The van der Waals surface area contributed by atoms with Gasteiger partial charge >= 0.3 is 5.97 Å². The average Bonchev–Trinajstić information content (AvgIpc) is 2.51. The zero-order chi connectivity index (χ0) is 17.0. The Hall–Kier alpha value is -2.82. The Labute approximate surface area is 135 Å². The zero-order valence-electron chi connectivity index (χ0n) is 13.4. The molecule has 2 aromatic carbocycles. The number of hydrogen-bond donors (Lipinski definition) is 1. The van der Waals surface area contributed by atoms with Crippen LogP contribution in [0.4, 0.5) is 0 Å². The smallest absolute Gasteiger partial charge is 0.343 e. The molecule has 2 aromatic rings. The van der Waals surface area contributed by atoms with E-state index < -0.39 is 11.9 Å². The molecule has 0 atom stereocenters. The average molecular weight is 313 g/mol. The highest BCUT2D eigenvalue weighted by Gasteiger charge is 2.13. The second-order valence-electron chi connectivity index (χ2n) is 5.15. The lowest BCUT2D eigenvalue weighted by molar-refractivity contribution is 0.0732. The fraction of sp³-hybridized carbons (Fsp3) is 0.222. The van der Waals surface area contributed by atoms with Crippen molar-refractivity contribution in [2.75, 3.05) is 6.61 Å². The predicted octanol–water partition coefficient (Wildman–Crippen LogP) is 3.02. The number of carbonyl (C=O) groups excluding carboxylic acids is 2. The molecule has 0 fully saturated rings. The van der Waals surface area contributed by atoms with E-state index in [0.717, 1.165) is 16.9 Å². The van der Waals surface area contributed by atoms with Crippen molar-refractivity contribution in [2.24, 2.45) is 5.73 Å². The fourth-order valence-electron chi connectivity index (χ4n) is 2.12. The van der Waals surface area contributed by atoms with E-state index in [1.807, 2.05) is 13.8 Å². The third-order valence-corrected chi connectivity index (χ3v) is 3.39. The molecule has 0 radical (unpaired) electrons. The van der Waals surface area contributed by atoms with E-state index >= 15 is 0 Å². The van der Waals surface area contributed by atoms with E-state index in [-0.39, 0.29) is 0 Å². The topological polar surface area (TPSA) is 78.6 Å². The SMILES string of the molecule is CCOc1ccc(C(=O)Oc2cc(C(N)=O)ccc2C)cc1C. The summed E-state index contributed by atoms with van der Waals surface area (Å²) in [5.74, 6) is -0.0196. The number of ether oxygens (including phenoxy) is 2. The van der Waals surface area contributed by atoms with Crippen LogP contribution in [0.5, 0.6) is 11.5 Å². The van der Waals surface area contributed by atoms with Crippen LogP contribution in [0.2, 0.25) is 0 Å². The highest BCUT2D eigenvalue weighted by atomic mass is 16.5. The van der Waals surface area contributed by atoms with Crippen LogP contribution in [-0.2, 0) is 0 Å². The van der Waals surface area contributed by atoms with Crippen LogP contribution in [0.1, 0.15) is 38.8 Å². The van der Waals surface area contributed by atoms with Gasteiger partial charge in [-0.05, 0) is 62.2 Å². The van der Waals surface area contributed by atoms with Crippen LogP contribution in [0.15, 0.2) is 36.4 Å². The van der Waals surface area contributed by atoms with Crippen molar-refractivity contribution in [3.63, 3.8) is 0 Å². The molecule has 0 saturated heterocycles. The van der Waals surface area contributed by atoms with Gasteiger partial charge in [-0.2, -0.15) is 0 Å². The summed E-state index contributed by atoms with van der Waals surface area (Å²) in [5.41, 5.74) is 7.54. The maximum Gasteiger partial charge on any atom is 0.343 e. The maximum atomic E-state index is 12.3. The molecule has 0 aliphatic rings. The standard InChI is InChI=1S/C18H19NO4/c1-4-22-15-8-7-14(9-12(15)3)18(21)23-16-10-13(17(19)20)6-5-11(16)2/h5-10H,4H2,1-3H3,(H2,19,20). The third kappa shape index (κ3) is 3.88. The van der Waals surface area contributed by atoms with Gasteiger partial charge in [-0.15, -0.1) is 0 Å². The van der Waals surface area contributed by atoms with Gasteiger partial charge in [0.2, 0.25) is 5.91 Å². The number of hydrogen-bond acceptors (Lipinski definition) is 4. The first kappa shape index (κ1) is 16.5. The number of aryl methyl sites for hydroxylation is 2. The fourth-order valence-corrected chi connectivity index (χ4v) is 2.12. The molecule has 1 amide bonds. The number of rotatable bonds is 5. The first-order chi connectivity index (χ1) is 10.9. The van der Waals surface area contributed by atoms with E-state index in [0.29, 0.717) is 23.5 Å². The second kappa shape index (κ2) is 6.96. The van der Waals surface area contributed by atoms with Gasteiger partial charge in [0.25, 0.3) is 0 Å². The third-order valence-electron chi connectivity index (χ3n) is 3.39. The van der Waals surface area contributed by atoms with Gasteiger partial charge in [0.1, 0.15) is 11.5 Å². The van der Waals surface area contributed by atoms with Crippen LogP contribution in [0.25, 0.3) is 0 Å². The van der Waals surface area contributed by atoms with Crippen molar-refractivity contribution in [3.05, 3.63) is 58.7 Å². The minimum Gasteiger partial charge on any atom is -0.494 e. The molecular weight excluding hydrogens is 294 g/mol. The number of esters is 1. The highest BCUT2D eigenvalue weighted by Crippen LogP contribution is 2.23. The largest absolute Gasteiger partial charge is 0.494 e. The van der Waals surface area contributed by atoms with E-state index in [4.69, 9.17) is 15.2 Å². The van der Waals surface area contributed by atoms with Crippen molar-refractivity contribution < 1.29 is 19.1 Å². The van der Waals surface area contributed by atoms with Gasteiger partial charge in [0.05, 0.1) is 12.2 Å². The lowest BCUT2D eigenvalue weighted by Gasteiger charge is -2.11. The van der Waals surface area contributed by atoms with Crippen molar-refractivity contribution in [1.29, 1.82) is 0 Å². The molecule has 23 heavy (non-hydrogen) atoms. The van der Waals surface area contributed by atoms with Crippen LogP contribution < -0.4 is 15.2 Å². The van der Waals surface area contributed by atoms with Crippen molar-refractivity contribution in [3.8, 4) is 11.5 Å². The Morgan fingerprint density at radius 1 is 0.957 bits per heavy atom. The summed E-state index contributed by atoms with van der Waals surface area (Å²) >= 11 is 0. The highest BCUT2D eigenvalue weighted by molar-refractivity contribution is 5.94. The van der Waals surface area contributed by atoms with Gasteiger partial charge in [-0.1, -0.05) is 6.07 Å². The quantitative estimate of drug-likeness (QED) is 0.680. The lowest BCUT2D eigenvalue weighted by Crippen LogP contribution is -2.13. The summed E-state index contributed by atoms with van der Waals surface area (Å²) < 4.78 is 10.8. The molecule has 0 aromatic heterocycles. The van der Waals surface area contributed by atoms with Crippen LogP contribution >= 0.6 is 0 Å². The Balaban J connectivity index is 2.24. The molecule has 2 N–H and O–H groups in total. The minimum absolute atomic E-state index is 0.293. The van der Waals surface area contributed by atoms with Crippen molar-refractivity contribution in [2.45, 2.75) is 20.8 Å². The molecular formula is C18H19NO4. The first-order valence-electron chi connectivity index (χ1n) is 7.28. The summed E-state index contributed by atoms with van der Waals surface area (Å²) in [4.78, 5) is 23.5. The molecule has 2 rings (SSSR count). The maximum absolute atomic E-state index is 12.3. The molecule has 0 spiro atoms. The summed E-state index contributed by atoms with van der Waals surface area (Å²) in [5, 5.41) is 0. The number of benzene rings is 2. The molecule has 120 valence electrons. The molecule has 0 aliphatic heterocycles. The second-order valence-corrected chi connectivity index (χ2v) is 5.15. The molecule has 5 heteroatoms. The van der Waals surface area contributed by atoms with Gasteiger partial charge in [-0.3, -0.25) is 4.79 Å². The van der Waals surface area contributed by atoms with Crippen LogP contribution in [-0.4, -0.2) is 18.5 Å². The van der Waals surface area contributed by atoms with Crippen LogP contribution in [0.3, 0.4) is 0 Å². The van der Waals surface area contributed by atoms with Crippen molar-refractivity contribution in [1.82, 2.24) is 0 Å². The first-order valence-corrected chi connectivity index (χ1v) is 7.28. The van der Waals surface area contributed by atoms with E-state index in [1.165, 1.54) is 6.07 Å². The Kier molecular flexibility index (Phi) is 5.01. The molecule has 5 nitrogen and oxygen atoms in total. The van der Waals surface area contributed by atoms with E-state index in [2.05, 4.69) is 0 Å². The Morgan fingerprint density at radius 2 is 1.65 bits per heavy atom. The Morgan fingerprint density at radius 3 is 2.26 bits per heavy atom. The summed E-state index contributed by atoms with van der Waals surface area (Å²) in [6.45, 7) is 6.11. The van der Waals surface area contributed by atoms with E-state index in [9.17, 15) is 9.59 Å². The molecule has 0 bridgehead atoms. The summed E-state index contributed by atoms with van der Waals surface area (Å²) in [6.07, 6.45) is 0. The lowest BCUT2D eigenvalue weighted by atomic mass is 10.1. The van der Waals surface area contributed by atoms with Gasteiger partial charge in [0, 0.05) is 5.56 Å². The number of amides is 1. The number of primary amides is 1. The molecule has 0 saturated carbocycles. The summed E-state index contributed by atoms with van der Waals surface area (Å²) in [6, 6.07) is 9.84. The normalized spacial score (nSPS) is 10.2. The Bertz CT molecular complexity index is 753. The van der Waals surface area contributed by atoms with Crippen LogP contribution in [0, 0.1) is 13.8 Å². The molecule has 0 unspecified atom stereocenters. The zero-order valence-corrected chi connectivity index (χ0v) is 13.4. The van der Waals surface area contributed by atoms with Gasteiger partial charge in [0.15, 0.2) is 0 Å². The van der Waals surface area contributed by atoms with E-state index in [1.54, 1.807) is 37.3 Å². The number of carbonyl (C=O) groups is 2. The molecule has 0 heterocycles. The van der Waals surface area contributed by atoms with Crippen molar-refractivity contribution >= 4 is 11.9 Å². The summed E-state index contributed by atoms with van der Waals surface area (Å²) in [7, 11) is 0. The monoisotopic (exact) mass is 313 g/mol.